The van der Waals surface area contributed by atoms with Gasteiger partial charge in [0, 0.05) is 10.9 Å². The van der Waals surface area contributed by atoms with E-state index in [0.29, 0.717) is 6.42 Å². The van der Waals surface area contributed by atoms with Gasteiger partial charge in [0.25, 0.3) is 0 Å². The van der Waals surface area contributed by atoms with E-state index in [9.17, 15) is 4.39 Å². The van der Waals surface area contributed by atoms with Gasteiger partial charge in [-0.05, 0) is 23.3 Å². The number of hydrogen-bond acceptors (Lipinski definition) is 0. The molecule has 0 nitrogen and oxygen atoms in total. The van der Waals surface area contributed by atoms with Gasteiger partial charge in [0.15, 0.2) is 0 Å². The number of allylic oxidation sites excluding steroid dienone is 1. The second kappa shape index (κ2) is 2.45. The molecule has 0 fully saturated rings. The van der Waals surface area contributed by atoms with Gasteiger partial charge >= 0.3 is 0 Å². The third-order valence-electron chi connectivity index (χ3n) is 1.80. The van der Waals surface area contributed by atoms with Crippen LogP contribution in [0.2, 0.25) is 0 Å². The molecule has 0 amide bonds. The molecular formula is C9H6BrF. The molecule has 0 N–H and O–H groups in total. The van der Waals surface area contributed by atoms with Crippen molar-refractivity contribution in [2.75, 3.05) is 0 Å². The Hall–Kier alpha value is -0.630. The van der Waals surface area contributed by atoms with Crippen LogP contribution in [0.15, 0.2) is 28.5 Å². The van der Waals surface area contributed by atoms with Gasteiger partial charge in [-0.3, -0.25) is 0 Å². The summed E-state index contributed by atoms with van der Waals surface area (Å²) in [7, 11) is 0. The summed E-state index contributed by atoms with van der Waals surface area (Å²) in [6.45, 7) is 0. The number of fused-ring (bicyclic) bond motifs is 1. The molecule has 2 rings (SSSR count). The lowest BCUT2D eigenvalue weighted by atomic mass is 10.1. The van der Waals surface area contributed by atoms with Crippen LogP contribution in [0.3, 0.4) is 0 Å². The van der Waals surface area contributed by atoms with Gasteiger partial charge < -0.3 is 0 Å². The van der Waals surface area contributed by atoms with Gasteiger partial charge in [-0.25, -0.2) is 4.39 Å². The molecule has 0 radical (unpaired) electrons. The largest absolute Gasteiger partial charge is 0.211 e. The first-order chi connectivity index (χ1) is 5.27. The van der Waals surface area contributed by atoms with Crippen LogP contribution >= 0.6 is 15.9 Å². The Labute approximate surface area is 72.9 Å². The Morgan fingerprint density at radius 1 is 1.36 bits per heavy atom. The van der Waals surface area contributed by atoms with E-state index in [1.165, 1.54) is 0 Å². The van der Waals surface area contributed by atoms with Gasteiger partial charge in [0.1, 0.15) is 5.83 Å². The van der Waals surface area contributed by atoms with Crippen molar-refractivity contribution in [2.24, 2.45) is 0 Å². The third-order valence-corrected chi connectivity index (χ3v) is 2.49. The predicted molar refractivity (Wildman–Crippen MR) is 46.9 cm³/mol. The predicted octanol–water partition coefficient (Wildman–Crippen LogP) is 3.32. The van der Waals surface area contributed by atoms with E-state index in [4.69, 9.17) is 0 Å². The monoisotopic (exact) mass is 212 g/mol. The summed E-state index contributed by atoms with van der Waals surface area (Å²) in [4.78, 5) is 0. The minimum absolute atomic E-state index is 0.0492. The number of halogens is 2. The zero-order valence-corrected chi connectivity index (χ0v) is 7.36. The van der Waals surface area contributed by atoms with Gasteiger partial charge in [0.2, 0.25) is 0 Å². The van der Waals surface area contributed by atoms with Crippen LogP contribution in [-0.2, 0) is 6.42 Å². The lowest BCUT2D eigenvalue weighted by Crippen LogP contribution is -1.81. The first kappa shape index (κ1) is 7.04. The van der Waals surface area contributed by atoms with E-state index in [2.05, 4.69) is 15.9 Å². The van der Waals surface area contributed by atoms with Crippen molar-refractivity contribution < 1.29 is 4.39 Å². The van der Waals surface area contributed by atoms with E-state index in [1.807, 2.05) is 18.2 Å². The van der Waals surface area contributed by atoms with Crippen LogP contribution in [0, 0.1) is 0 Å². The van der Waals surface area contributed by atoms with Gasteiger partial charge in [-0.1, -0.05) is 28.1 Å². The van der Waals surface area contributed by atoms with Gasteiger partial charge in [0.05, 0.1) is 0 Å². The van der Waals surface area contributed by atoms with E-state index in [0.717, 1.165) is 15.6 Å². The second-order valence-electron chi connectivity index (χ2n) is 2.58. The van der Waals surface area contributed by atoms with Crippen molar-refractivity contribution in [1.82, 2.24) is 0 Å². The molecular weight excluding hydrogens is 207 g/mol. The zero-order valence-electron chi connectivity index (χ0n) is 5.77. The minimum Gasteiger partial charge on any atom is -0.211 e. The van der Waals surface area contributed by atoms with Crippen LogP contribution in [0.4, 0.5) is 4.39 Å². The van der Waals surface area contributed by atoms with Crippen molar-refractivity contribution in [3.63, 3.8) is 0 Å². The maximum atomic E-state index is 12.7. The molecule has 56 valence electrons. The fourth-order valence-corrected chi connectivity index (χ4v) is 1.81. The van der Waals surface area contributed by atoms with Crippen LogP contribution in [0.25, 0.3) is 6.08 Å². The molecule has 0 bridgehead atoms. The van der Waals surface area contributed by atoms with Crippen LogP contribution in [0.5, 0.6) is 0 Å². The van der Waals surface area contributed by atoms with Crippen molar-refractivity contribution in [3.05, 3.63) is 39.6 Å². The second-order valence-corrected chi connectivity index (χ2v) is 3.43. The third kappa shape index (κ3) is 1.11. The summed E-state index contributed by atoms with van der Waals surface area (Å²) in [6.07, 6.45) is 2.04. The molecule has 0 heterocycles. The van der Waals surface area contributed by atoms with Gasteiger partial charge in [-0.2, -0.15) is 0 Å². The molecule has 1 aromatic rings. The highest BCUT2D eigenvalue weighted by atomic mass is 79.9. The molecule has 0 saturated heterocycles. The average Bonchev–Trinajstić information content (AvgIpc) is 2.31. The molecule has 0 unspecified atom stereocenters. The fraction of sp³-hybridized carbons (Fsp3) is 0.111. The van der Waals surface area contributed by atoms with Crippen molar-refractivity contribution in [1.29, 1.82) is 0 Å². The normalized spacial score (nSPS) is 14.5. The Bertz CT molecular complexity index is 328. The number of benzene rings is 1. The van der Waals surface area contributed by atoms with Crippen molar-refractivity contribution in [3.8, 4) is 0 Å². The minimum atomic E-state index is -0.0492. The smallest absolute Gasteiger partial charge is 0.105 e. The molecule has 0 aromatic heterocycles. The SMILES string of the molecule is FC1=Cc2c(Br)cccc2C1. The summed E-state index contributed by atoms with van der Waals surface area (Å²) in [6, 6.07) is 5.80. The molecule has 0 aliphatic heterocycles. The Balaban J connectivity index is 2.61. The molecule has 1 aliphatic carbocycles. The van der Waals surface area contributed by atoms with E-state index in [1.54, 1.807) is 6.08 Å². The first-order valence-electron chi connectivity index (χ1n) is 3.41. The highest BCUT2D eigenvalue weighted by Crippen LogP contribution is 2.31. The average molecular weight is 213 g/mol. The van der Waals surface area contributed by atoms with E-state index in [-0.39, 0.29) is 5.83 Å². The lowest BCUT2D eigenvalue weighted by Gasteiger charge is -1.98. The Morgan fingerprint density at radius 2 is 2.18 bits per heavy atom. The molecule has 2 heteroatoms. The topological polar surface area (TPSA) is 0 Å². The van der Waals surface area contributed by atoms with E-state index >= 15 is 0 Å². The maximum Gasteiger partial charge on any atom is 0.105 e. The summed E-state index contributed by atoms with van der Waals surface area (Å²) in [5.41, 5.74) is 2.06. The van der Waals surface area contributed by atoms with Gasteiger partial charge in [-0.15, -0.1) is 0 Å². The Morgan fingerprint density at radius 3 is 2.91 bits per heavy atom. The van der Waals surface area contributed by atoms with Crippen molar-refractivity contribution >= 4 is 22.0 Å². The van der Waals surface area contributed by atoms with Crippen LogP contribution < -0.4 is 0 Å². The summed E-state index contributed by atoms with van der Waals surface area (Å²) >= 11 is 3.36. The highest BCUT2D eigenvalue weighted by molar-refractivity contribution is 9.10. The van der Waals surface area contributed by atoms with E-state index < -0.39 is 0 Å². The molecule has 1 aromatic carbocycles. The summed E-state index contributed by atoms with van der Waals surface area (Å²) in [5, 5.41) is 0. The number of hydrogen-bond donors (Lipinski definition) is 0. The maximum absolute atomic E-state index is 12.7. The fourth-order valence-electron chi connectivity index (χ4n) is 1.29. The molecule has 0 atom stereocenters. The molecule has 0 spiro atoms. The lowest BCUT2D eigenvalue weighted by molar-refractivity contribution is 0.627. The zero-order chi connectivity index (χ0) is 7.84. The summed E-state index contributed by atoms with van der Waals surface area (Å²) < 4.78 is 13.7. The van der Waals surface area contributed by atoms with Crippen LogP contribution in [0.1, 0.15) is 11.1 Å². The number of rotatable bonds is 0. The van der Waals surface area contributed by atoms with Crippen molar-refractivity contribution in [2.45, 2.75) is 6.42 Å². The summed E-state index contributed by atoms with van der Waals surface area (Å²) in [5.74, 6) is -0.0492. The molecule has 11 heavy (non-hydrogen) atoms. The molecule has 0 saturated carbocycles. The molecule has 1 aliphatic rings. The quantitative estimate of drug-likeness (QED) is 0.620. The van der Waals surface area contributed by atoms with Crippen LogP contribution in [-0.4, -0.2) is 0 Å². The standard InChI is InChI=1S/C9H6BrF/c10-9-3-1-2-6-4-7(11)5-8(6)9/h1-3,5H,4H2. The highest BCUT2D eigenvalue weighted by Gasteiger charge is 2.13. The Kier molecular flexibility index (Phi) is 1.57. The first-order valence-corrected chi connectivity index (χ1v) is 4.20.